The fraction of sp³-hybridized carbons (Fsp3) is 1.00. The van der Waals surface area contributed by atoms with Crippen molar-refractivity contribution in [2.75, 3.05) is 20.1 Å². The summed E-state index contributed by atoms with van der Waals surface area (Å²) in [6, 6.07) is 0. The molecule has 1 saturated carbocycles. The van der Waals surface area contributed by atoms with E-state index in [1.165, 1.54) is 6.42 Å². The lowest BCUT2D eigenvalue weighted by molar-refractivity contribution is -0.0431. The molecule has 0 aromatic heterocycles. The molecule has 3 atom stereocenters. The van der Waals surface area contributed by atoms with Gasteiger partial charge in [-0.2, -0.15) is 0 Å². The van der Waals surface area contributed by atoms with Crippen molar-refractivity contribution in [2.24, 2.45) is 11.3 Å². The van der Waals surface area contributed by atoms with Crippen LogP contribution in [0.4, 0.5) is 0 Å². The highest BCUT2D eigenvalue weighted by Crippen LogP contribution is 2.39. The number of likely N-dealkylation sites (N-methyl/N-ethyl adjacent to an activating group) is 1. The first-order valence-corrected chi connectivity index (χ1v) is 6.37. The summed E-state index contributed by atoms with van der Waals surface area (Å²) in [6.45, 7) is 7.67. The van der Waals surface area contributed by atoms with Crippen molar-refractivity contribution >= 4 is 0 Å². The first-order chi connectivity index (χ1) is 7.33. The second-order valence-electron chi connectivity index (χ2n) is 6.16. The van der Waals surface area contributed by atoms with Crippen molar-refractivity contribution in [3.05, 3.63) is 0 Å². The van der Waals surface area contributed by atoms with Crippen LogP contribution in [0.15, 0.2) is 0 Å². The summed E-state index contributed by atoms with van der Waals surface area (Å²) >= 11 is 0. The normalized spacial score (nSPS) is 31.7. The number of aliphatic hydroxyl groups excluding tert-OH is 2. The molecule has 0 aliphatic heterocycles. The molecule has 0 aromatic rings. The highest BCUT2D eigenvalue weighted by atomic mass is 16.3. The van der Waals surface area contributed by atoms with Crippen molar-refractivity contribution in [3.63, 3.8) is 0 Å². The Hall–Kier alpha value is -0.120. The minimum Gasteiger partial charge on any atom is -0.392 e. The average Bonchev–Trinajstić information content (AvgIpc) is 2.11. The second kappa shape index (κ2) is 5.48. The van der Waals surface area contributed by atoms with E-state index in [1.807, 2.05) is 7.05 Å². The number of rotatable bonds is 4. The van der Waals surface area contributed by atoms with Gasteiger partial charge in [-0.05, 0) is 38.1 Å². The maximum Gasteiger partial charge on any atom is 0.0638 e. The quantitative estimate of drug-likeness (QED) is 0.767. The monoisotopic (exact) mass is 229 g/mol. The van der Waals surface area contributed by atoms with Gasteiger partial charge in [0, 0.05) is 13.1 Å². The van der Waals surface area contributed by atoms with Gasteiger partial charge in [-0.15, -0.1) is 0 Å². The Morgan fingerprint density at radius 3 is 2.62 bits per heavy atom. The molecule has 2 N–H and O–H groups in total. The molecule has 3 nitrogen and oxygen atoms in total. The van der Waals surface area contributed by atoms with E-state index in [-0.39, 0.29) is 17.6 Å². The first-order valence-electron chi connectivity index (χ1n) is 6.37. The molecule has 0 amide bonds. The zero-order valence-electron chi connectivity index (χ0n) is 11.1. The van der Waals surface area contributed by atoms with Crippen molar-refractivity contribution in [1.82, 2.24) is 4.90 Å². The molecule has 0 bridgehead atoms. The predicted octanol–water partition coefficient (Wildman–Crippen LogP) is 1.49. The van der Waals surface area contributed by atoms with Crippen molar-refractivity contribution in [1.29, 1.82) is 0 Å². The van der Waals surface area contributed by atoms with Gasteiger partial charge in [0.15, 0.2) is 0 Å². The molecule has 1 aliphatic carbocycles. The van der Waals surface area contributed by atoms with Gasteiger partial charge in [0.2, 0.25) is 0 Å². The number of hydrogen-bond acceptors (Lipinski definition) is 3. The molecule has 0 spiro atoms. The maximum absolute atomic E-state index is 10.3. The molecule has 0 aromatic carbocycles. The molecular formula is C13H27NO2. The third kappa shape index (κ3) is 3.72. The topological polar surface area (TPSA) is 43.7 Å². The van der Waals surface area contributed by atoms with Crippen molar-refractivity contribution in [3.8, 4) is 0 Å². The Balaban J connectivity index is 2.47. The summed E-state index contributed by atoms with van der Waals surface area (Å²) in [5.41, 5.74) is 0.0502. The molecule has 0 heterocycles. The zero-order valence-corrected chi connectivity index (χ0v) is 11.1. The van der Waals surface area contributed by atoms with Gasteiger partial charge in [-0.1, -0.05) is 20.3 Å². The summed E-state index contributed by atoms with van der Waals surface area (Å²) in [4.78, 5) is 2.12. The Morgan fingerprint density at radius 2 is 2.06 bits per heavy atom. The average molecular weight is 229 g/mol. The summed E-state index contributed by atoms with van der Waals surface area (Å²) in [5, 5.41) is 19.6. The molecular weight excluding hydrogens is 202 g/mol. The fourth-order valence-corrected chi connectivity index (χ4v) is 2.88. The van der Waals surface area contributed by atoms with Gasteiger partial charge in [-0.3, -0.25) is 0 Å². The molecule has 3 heteroatoms. The number of nitrogens with zero attached hydrogens (tertiary/aromatic N) is 1. The third-order valence-corrected chi connectivity index (χ3v) is 3.77. The van der Waals surface area contributed by atoms with Crippen LogP contribution in [0.5, 0.6) is 0 Å². The van der Waals surface area contributed by atoms with Gasteiger partial charge in [0.1, 0.15) is 0 Å². The molecule has 3 unspecified atom stereocenters. The van der Waals surface area contributed by atoms with E-state index < -0.39 is 0 Å². The van der Waals surface area contributed by atoms with Crippen LogP contribution in [0.3, 0.4) is 0 Å². The van der Waals surface area contributed by atoms with Gasteiger partial charge in [0.05, 0.1) is 12.2 Å². The fourth-order valence-electron chi connectivity index (χ4n) is 2.88. The lowest BCUT2D eigenvalue weighted by Crippen LogP contribution is -2.45. The van der Waals surface area contributed by atoms with E-state index in [4.69, 9.17) is 0 Å². The van der Waals surface area contributed by atoms with Gasteiger partial charge < -0.3 is 15.1 Å². The van der Waals surface area contributed by atoms with E-state index >= 15 is 0 Å². The Labute approximate surface area is 99.5 Å². The third-order valence-electron chi connectivity index (χ3n) is 3.77. The summed E-state index contributed by atoms with van der Waals surface area (Å²) < 4.78 is 0. The molecule has 1 aliphatic rings. The predicted molar refractivity (Wildman–Crippen MR) is 66.3 cm³/mol. The van der Waals surface area contributed by atoms with Crippen LogP contribution in [0.25, 0.3) is 0 Å². The van der Waals surface area contributed by atoms with E-state index in [9.17, 15) is 10.2 Å². The van der Waals surface area contributed by atoms with Crippen molar-refractivity contribution < 1.29 is 10.2 Å². The van der Waals surface area contributed by atoms with E-state index in [0.717, 1.165) is 19.4 Å². The van der Waals surface area contributed by atoms with Crippen LogP contribution < -0.4 is 0 Å². The Kier molecular flexibility index (Phi) is 4.77. The standard InChI is InChI=1S/C13H27NO2/c1-10(15)8-14(4)9-11-6-5-7-13(2,3)12(11)16/h10-12,15-16H,5-9H2,1-4H3. The van der Waals surface area contributed by atoms with Gasteiger partial charge in [-0.25, -0.2) is 0 Å². The van der Waals surface area contributed by atoms with Crippen LogP contribution in [0, 0.1) is 11.3 Å². The molecule has 0 radical (unpaired) electrons. The SMILES string of the molecule is CC(O)CN(C)CC1CCCC(C)(C)C1O. The summed E-state index contributed by atoms with van der Waals surface area (Å²) in [6.07, 6.45) is 2.92. The smallest absolute Gasteiger partial charge is 0.0638 e. The Bertz CT molecular complexity index is 216. The molecule has 16 heavy (non-hydrogen) atoms. The van der Waals surface area contributed by atoms with Crippen LogP contribution in [0.2, 0.25) is 0 Å². The highest BCUT2D eigenvalue weighted by Gasteiger charge is 2.37. The van der Waals surface area contributed by atoms with Crippen LogP contribution >= 0.6 is 0 Å². The molecule has 96 valence electrons. The van der Waals surface area contributed by atoms with E-state index in [0.29, 0.717) is 12.5 Å². The van der Waals surface area contributed by atoms with E-state index in [2.05, 4.69) is 18.7 Å². The highest BCUT2D eigenvalue weighted by molar-refractivity contribution is 4.89. The van der Waals surface area contributed by atoms with Crippen LogP contribution in [-0.4, -0.2) is 47.5 Å². The zero-order chi connectivity index (χ0) is 12.3. The minimum absolute atomic E-state index is 0.0502. The van der Waals surface area contributed by atoms with E-state index in [1.54, 1.807) is 6.92 Å². The summed E-state index contributed by atoms with van der Waals surface area (Å²) in [7, 11) is 2.01. The molecule has 0 saturated heterocycles. The summed E-state index contributed by atoms with van der Waals surface area (Å²) in [5.74, 6) is 0.354. The first kappa shape index (κ1) is 13.9. The molecule has 1 rings (SSSR count). The minimum atomic E-state index is -0.293. The van der Waals surface area contributed by atoms with Crippen LogP contribution in [-0.2, 0) is 0 Å². The lowest BCUT2D eigenvalue weighted by Gasteiger charge is -2.42. The van der Waals surface area contributed by atoms with Crippen molar-refractivity contribution in [2.45, 2.75) is 52.2 Å². The number of hydrogen-bond donors (Lipinski definition) is 2. The second-order valence-corrected chi connectivity index (χ2v) is 6.16. The van der Waals surface area contributed by atoms with Gasteiger partial charge in [0.25, 0.3) is 0 Å². The lowest BCUT2D eigenvalue weighted by atomic mass is 9.69. The number of aliphatic hydroxyl groups is 2. The molecule has 1 fully saturated rings. The van der Waals surface area contributed by atoms with Crippen LogP contribution in [0.1, 0.15) is 40.0 Å². The Morgan fingerprint density at radius 1 is 1.44 bits per heavy atom. The largest absolute Gasteiger partial charge is 0.392 e. The maximum atomic E-state index is 10.3. The van der Waals surface area contributed by atoms with Gasteiger partial charge >= 0.3 is 0 Å².